The molecule has 0 radical (unpaired) electrons. The van der Waals surface area contributed by atoms with Crippen molar-refractivity contribution in [2.45, 2.75) is 19.9 Å². The van der Waals surface area contributed by atoms with Gasteiger partial charge in [0.1, 0.15) is 0 Å². The van der Waals surface area contributed by atoms with Crippen molar-refractivity contribution in [3.8, 4) is 0 Å². The second-order valence-corrected chi connectivity index (χ2v) is 4.81. The Balaban J connectivity index is 2.68. The molecule has 1 aromatic carbocycles. The van der Waals surface area contributed by atoms with Gasteiger partial charge in [-0.3, -0.25) is 9.69 Å². The van der Waals surface area contributed by atoms with Crippen LogP contribution in [0.4, 0.5) is 0 Å². The zero-order valence-electron chi connectivity index (χ0n) is 10.5. The SMILES string of the molecule is C=C(C)CN(CCC(=O)O)Cc1ccccc1Cl. The van der Waals surface area contributed by atoms with Crippen LogP contribution in [-0.2, 0) is 11.3 Å². The maximum Gasteiger partial charge on any atom is 0.304 e. The summed E-state index contributed by atoms with van der Waals surface area (Å²) in [6, 6.07) is 7.60. The van der Waals surface area contributed by atoms with Gasteiger partial charge < -0.3 is 5.11 Å². The van der Waals surface area contributed by atoms with Crippen LogP contribution in [-0.4, -0.2) is 29.1 Å². The minimum Gasteiger partial charge on any atom is -0.481 e. The highest BCUT2D eigenvalue weighted by atomic mass is 35.5. The van der Waals surface area contributed by atoms with Crippen molar-refractivity contribution in [3.63, 3.8) is 0 Å². The molecule has 1 aromatic rings. The van der Waals surface area contributed by atoms with E-state index in [2.05, 4.69) is 6.58 Å². The Morgan fingerprint density at radius 2 is 2.11 bits per heavy atom. The molecule has 4 heteroatoms. The molecule has 0 aliphatic carbocycles. The van der Waals surface area contributed by atoms with Crippen molar-refractivity contribution in [1.82, 2.24) is 4.90 Å². The van der Waals surface area contributed by atoms with Gasteiger partial charge in [-0.25, -0.2) is 0 Å². The maximum absolute atomic E-state index is 10.6. The molecule has 1 rings (SSSR count). The van der Waals surface area contributed by atoms with Gasteiger partial charge in [-0.15, -0.1) is 0 Å². The number of nitrogens with zero attached hydrogens (tertiary/aromatic N) is 1. The molecule has 0 saturated carbocycles. The summed E-state index contributed by atoms with van der Waals surface area (Å²) in [5, 5.41) is 9.45. The maximum atomic E-state index is 10.6. The van der Waals surface area contributed by atoms with E-state index in [4.69, 9.17) is 16.7 Å². The molecule has 0 aliphatic rings. The number of carboxylic acid groups (broad SMARTS) is 1. The molecular formula is C14H18ClNO2. The fourth-order valence-corrected chi connectivity index (χ4v) is 1.91. The standard InChI is InChI=1S/C14H18ClNO2/c1-11(2)9-16(8-7-14(17)18)10-12-5-3-4-6-13(12)15/h3-6H,1,7-10H2,2H3,(H,17,18). The monoisotopic (exact) mass is 267 g/mol. The van der Waals surface area contributed by atoms with E-state index in [9.17, 15) is 4.79 Å². The average molecular weight is 268 g/mol. The fourth-order valence-electron chi connectivity index (χ4n) is 1.72. The number of carboxylic acids is 1. The largest absolute Gasteiger partial charge is 0.481 e. The first-order valence-electron chi connectivity index (χ1n) is 5.81. The number of rotatable bonds is 7. The van der Waals surface area contributed by atoms with Crippen molar-refractivity contribution in [2.24, 2.45) is 0 Å². The van der Waals surface area contributed by atoms with Crippen LogP contribution in [0.5, 0.6) is 0 Å². The first-order valence-corrected chi connectivity index (χ1v) is 6.18. The number of carbonyl (C=O) groups is 1. The van der Waals surface area contributed by atoms with E-state index >= 15 is 0 Å². The van der Waals surface area contributed by atoms with E-state index in [0.29, 0.717) is 24.7 Å². The van der Waals surface area contributed by atoms with Gasteiger partial charge in [0, 0.05) is 24.7 Å². The summed E-state index contributed by atoms with van der Waals surface area (Å²) >= 11 is 6.10. The Hall–Kier alpha value is -1.32. The predicted molar refractivity (Wildman–Crippen MR) is 73.8 cm³/mol. The highest BCUT2D eigenvalue weighted by Gasteiger charge is 2.10. The summed E-state index contributed by atoms with van der Waals surface area (Å²) in [6.07, 6.45) is 0.123. The zero-order chi connectivity index (χ0) is 13.5. The smallest absolute Gasteiger partial charge is 0.304 e. The highest BCUT2D eigenvalue weighted by molar-refractivity contribution is 6.31. The molecule has 0 atom stereocenters. The van der Waals surface area contributed by atoms with Crippen LogP contribution < -0.4 is 0 Å². The molecule has 1 N–H and O–H groups in total. The van der Waals surface area contributed by atoms with Gasteiger partial charge >= 0.3 is 5.97 Å². The van der Waals surface area contributed by atoms with Gasteiger partial charge in [-0.2, -0.15) is 0 Å². The van der Waals surface area contributed by atoms with Gasteiger partial charge in [0.25, 0.3) is 0 Å². The molecule has 0 fully saturated rings. The van der Waals surface area contributed by atoms with Gasteiger partial charge in [0.05, 0.1) is 6.42 Å². The Kier molecular flexibility index (Phi) is 5.89. The summed E-state index contributed by atoms with van der Waals surface area (Å²) in [4.78, 5) is 12.7. The Morgan fingerprint density at radius 3 is 2.67 bits per heavy atom. The molecule has 0 spiro atoms. The molecular weight excluding hydrogens is 250 g/mol. The minimum absolute atomic E-state index is 0.123. The van der Waals surface area contributed by atoms with E-state index in [-0.39, 0.29) is 6.42 Å². The van der Waals surface area contributed by atoms with E-state index in [1.165, 1.54) is 0 Å². The Bertz CT molecular complexity index is 432. The lowest BCUT2D eigenvalue weighted by Gasteiger charge is -2.22. The molecule has 3 nitrogen and oxygen atoms in total. The minimum atomic E-state index is -0.791. The van der Waals surface area contributed by atoms with Crippen LogP contribution in [0.25, 0.3) is 0 Å². The molecule has 98 valence electrons. The van der Waals surface area contributed by atoms with Crippen LogP contribution in [0.3, 0.4) is 0 Å². The summed E-state index contributed by atoms with van der Waals surface area (Å²) in [5.74, 6) is -0.791. The first kappa shape index (κ1) is 14.7. The lowest BCUT2D eigenvalue weighted by atomic mass is 10.2. The zero-order valence-corrected chi connectivity index (χ0v) is 11.3. The predicted octanol–water partition coefficient (Wildman–Crippen LogP) is 3.19. The van der Waals surface area contributed by atoms with Crippen molar-refractivity contribution in [1.29, 1.82) is 0 Å². The normalized spacial score (nSPS) is 10.6. The molecule has 0 aromatic heterocycles. The molecule has 0 amide bonds. The van der Waals surface area contributed by atoms with Gasteiger partial charge in [-0.1, -0.05) is 42.0 Å². The van der Waals surface area contributed by atoms with Crippen LogP contribution in [0, 0.1) is 0 Å². The van der Waals surface area contributed by atoms with Crippen molar-refractivity contribution in [2.75, 3.05) is 13.1 Å². The topological polar surface area (TPSA) is 40.5 Å². The van der Waals surface area contributed by atoms with Crippen molar-refractivity contribution in [3.05, 3.63) is 47.0 Å². The van der Waals surface area contributed by atoms with Gasteiger partial charge in [0.2, 0.25) is 0 Å². The summed E-state index contributed by atoms with van der Waals surface area (Å²) < 4.78 is 0. The molecule has 0 saturated heterocycles. The lowest BCUT2D eigenvalue weighted by Crippen LogP contribution is -2.27. The van der Waals surface area contributed by atoms with E-state index in [0.717, 1.165) is 11.1 Å². The Morgan fingerprint density at radius 1 is 1.44 bits per heavy atom. The number of halogens is 1. The second-order valence-electron chi connectivity index (χ2n) is 4.40. The second kappa shape index (κ2) is 7.19. The number of hydrogen-bond donors (Lipinski definition) is 1. The van der Waals surface area contributed by atoms with E-state index in [1.54, 1.807) is 0 Å². The summed E-state index contributed by atoms with van der Waals surface area (Å²) in [6.45, 7) is 7.61. The average Bonchev–Trinajstić information content (AvgIpc) is 2.28. The van der Waals surface area contributed by atoms with Crippen molar-refractivity contribution >= 4 is 17.6 Å². The third-order valence-corrected chi connectivity index (χ3v) is 2.86. The van der Waals surface area contributed by atoms with Crippen LogP contribution in [0.2, 0.25) is 5.02 Å². The molecule has 0 bridgehead atoms. The van der Waals surface area contributed by atoms with E-state index in [1.807, 2.05) is 36.1 Å². The quantitative estimate of drug-likeness (QED) is 0.772. The number of hydrogen-bond acceptors (Lipinski definition) is 2. The molecule has 0 aliphatic heterocycles. The molecule has 18 heavy (non-hydrogen) atoms. The van der Waals surface area contributed by atoms with Crippen molar-refractivity contribution < 1.29 is 9.90 Å². The van der Waals surface area contributed by atoms with E-state index < -0.39 is 5.97 Å². The summed E-state index contributed by atoms with van der Waals surface area (Å²) in [5.41, 5.74) is 2.01. The summed E-state index contributed by atoms with van der Waals surface area (Å²) in [7, 11) is 0. The van der Waals surface area contributed by atoms with Gasteiger partial charge in [-0.05, 0) is 18.6 Å². The third kappa shape index (κ3) is 5.34. The number of benzene rings is 1. The fraction of sp³-hybridized carbons (Fsp3) is 0.357. The van der Waals surface area contributed by atoms with Crippen LogP contribution >= 0.6 is 11.6 Å². The first-order chi connectivity index (χ1) is 8.49. The van der Waals surface area contributed by atoms with Crippen LogP contribution in [0.15, 0.2) is 36.4 Å². The molecule has 0 unspecified atom stereocenters. The third-order valence-electron chi connectivity index (χ3n) is 2.49. The number of aliphatic carboxylic acids is 1. The molecule has 0 heterocycles. The highest BCUT2D eigenvalue weighted by Crippen LogP contribution is 2.17. The Labute approximate surface area is 113 Å². The van der Waals surface area contributed by atoms with Gasteiger partial charge in [0.15, 0.2) is 0 Å². The van der Waals surface area contributed by atoms with Crippen LogP contribution in [0.1, 0.15) is 18.9 Å². The lowest BCUT2D eigenvalue weighted by molar-refractivity contribution is -0.137.